The lowest BCUT2D eigenvalue weighted by molar-refractivity contribution is -0.127. The molecule has 6 nitrogen and oxygen atoms in total. The van der Waals surface area contributed by atoms with Gasteiger partial charge in [0.15, 0.2) is 6.10 Å². The third-order valence-corrected chi connectivity index (χ3v) is 3.53. The highest BCUT2D eigenvalue weighted by atomic mass is 16.5. The number of hydrogen-bond donors (Lipinski definition) is 2. The van der Waals surface area contributed by atoms with Crippen LogP contribution in [-0.4, -0.2) is 42.1 Å². The predicted octanol–water partition coefficient (Wildman–Crippen LogP) is 0.966. The monoisotopic (exact) mass is 286 g/mol. The molecule has 2 heterocycles. The third-order valence-electron chi connectivity index (χ3n) is 3.53. The van der Waals surface area contributed by atoms with E-state index in [1.165, 1.54) is 0 Å². The molecule has 1 aromatic carbocycles. The van der Waals surface area contributed by atoms with Crippen molar-refractivity contribution in [2.45, 2.75) is 12.5 Å². The SMILES string of the molecule is CN1CC(C(=O)NCCc2cnc[nH]2)Oc2ccccc21. The number of fused-ring (bicyclic) bond motifs is 1. The molecule has 1 aliphatic heterocycles. The van der Waals surface area contributed by atoms with Crippen molar-refractivity contribution in [3.05, 3.63) is 42.5 Å². The van der Waals surface area contributed by atoms with Gasteiger partial charge in [0.05, 0.1) is 18.6 Å². The average molecular weight is 286 g/mol. The fourth-order valence-corrected chi connectivity index (χ4v) is 2.40. The van der Waals surface area contributed by atoms with Gasteiger partial charge in [-0.05, 0) is 12.1 Å². The molecule has 0 saturated heterocycles. The van der Waals surface area contributed by atoms with Crippen LogP contribution >= 0.6 is 0 Å². The Morgan fingerprint density at radius 1 is 1.52 bits per heavy atom. The van der Waals surface area contributed by atoms with E-state index in [4.69, 9.17) is 4.74 Å². The van der Waals surface area contributed by atoms with Crippen molar-refractivity contribution in [3.63, 3.8) is 0 Å². The van der Waals surface area contributed by atoms with E-state index in [0.29, 0.717) is 13.1 Å². The van der Waals surface area contributed by atoms with E-state index in [9.17, 15) is 4.79 Å². The zero-order valence-electron chi connectivity index (χ0n) is 11.9. The summed E-state index contributed by atoms with van der Waals surface area (Å²) in [5.74, 6) is 0.663. The molecule has 2 aromatic rings. The minimum Gasteiger partial charge on any atom is -0.477 e. The Kier molecular flexibility index (Phi) is 3.77. The number of aromatic amines is 1. The highest BCUT2D eigenvalue weighted by Gasteiger charge is 2.28. The van der Waals surface area contributed by atoms with Gasteiger partial charge in [-0.3, -0.25) is 4.79 Å². The number of nitrogens with zero attached hydrogens (tertiary/aromatic N) is 2. The Labute approximate surface area is 123 Å². The summed E-state index contributed by atoms with van der Waals surface area (Å²) in [5.41, 5.74) is 2.02. The molecule has 1 aromatic heterocycles. The number of hydrogen-bond acceptors (Lipinski definition) is 4. The van der Waals surface area contributed by atoms with Crippen molar-refractivity contribution in [2.24, 2.45) is 0 Å². The highest BCUT2D eigenvalue weighted by molar-refractivity contribution is 5.83. The Balaban J connectivity index is 1.56. The Morgan fingerprint density at radius 2 is 2.38 bits per heavy atom. The van der Waals surface area contributed by atoms with Crippen LogP contribution in [0.5, 0.6) is 5.75 Å². The van der Waals surface area contributed by atoms with E-state index >= 15 is 0 Å². The molecule has 0 bridgehead atoms. The van der Waals surface area contributed by atoms with Gasteiger partial charge in [0.1, 0.15) is 5.75 Å². The van der Waals surface area contributed by atoms with Gasteiger partial charge in [-0.2, -0.15) is 0 Å². The molecular weight excluding hydrogens is 268 g/mol. The third kappa shape index (κ3) is 2.99. The Hall–Kier alpha value is -2.50. The number of H-pyrrole nitrogens is 1. The number of benzene rings is 1. The number of likely N-dealkylation sites (N-methyl/N-ethyl adjacent to an activating group) is 1. The van der Waals surface area contributed by atoms with Crippen LogP contribution in [0.15, 0.2) is 36.8 Å². The molecule has 0 fully saturated rings. The Bertz CT molecular complexity index is 612. The van der Waals surface area contributed by atoms with Crippen molar-refractivity contribution in [1.29, 1.82) is 0 Å². The first kappa shape index (κ1) is 13.5. The van der Waals surface area contributed by atoms with Crippen LogP contribution in [0.2, 0.25) is 0 Å². The number of imidazole rings is 1. The maximum absolute atomic E-state index is 12.2. The highest BCUT2D eigenvalue weighted by Crippen LogP contribution is 2.31. The number of anilines is 1. The van der Waals surface area contributed by atoms with Gasteiger partial charge in [0.25, 0.3) is 5.91 Å². The molecule has 1 unspecified atom stereocenters. The zero-order chi connectivity index (χ0) is 14.7. The van der Waals surface area contributed by atoms with Gasteiger partial charge in [-0.15, -0.1) is 0 Å². The number of carbonyl (C=O) groups excluding carboxylic acids is 1. The van der Waals surface area contributed by atoms with E-state index in [1.54, 1.807) is 12.5 Å². The maximum Gasteiger partial charge on any atom is 0.262 e. The number of nitrogens with one attached hydrogen (secondary N) is 2. The molecule has 2 N–H and O–H groups in total. The first-order valence-corrected chi connectivity index (χ1v) is 6.96. The van der Waals surface area contributed by atoms with Crippen LogP contribution in [0.3, 0.4) is 0 Å². The normalized spacial score (nSPS) is 17.0. The fraction of sp³-hybridized carbons (Fsp3) is 0.333. The second-order valence-corrected chi connectivity index (χ2v) is 5.07. The van der Waals surface area contributed by atoms with E-state index in [0.717, 1.165) is 23.6 Å². The van der Waals surface area contributed by atoms with E-state index in [-0.39, 0.29) is 5.91 Å². The van der Waals surface area contributed by atoms with Crippen LogP contribution in [-0.2, 0) is 11.2 Å². The molecule has 0 spiro atoms. The number of amides is 1. The standard InChI is InChI=1S/C15H18N4O2/c1-19-9-14(21-13-5-3-2-4-12(13)19)15(20)17-7-6-11-8-16-10-18-11/h2-5,8,10,14H,6-7,9H2,1H3,(H,16,18)(H,17,20). The zero-order valence-corrected chi connectivity index (χ0v) is 11.9. The van der Waals surface area contributed by atoms with E-state index < -0.39 is 6.10 Å². The minimum atomic E-state index is -0.480. The van der Waals surface area contributed by atoms with Crippen LogP contribution < -0.4 is 15.0 Å². The first-order chi connectivity index (χ1) is 10.2. The van der Waals surface area contributed by atoms with Gasteiger partial charge < -0.3 is 19.9 Å². The summed E-state index contributed by atoms with van der Waals surface area (Å²) in [6.07, 6.45) is 3.64. The van der Waals surface area contributed by atoms with Crippen molar-refractivity contribution in [2.75, 3.05) is 25.0 Å². The molecule has 1 amide bonds. The van der Waals surface area contributed by atoms with Crippen molar-refractivity contribution >= 4 is 11.6 Å². The van der Waals surface area contributed by atoms with Gasteiger partial charge >= 0.3 is 0 Å². The largest absolute Gasteiger partial charge is 0.477 e. The lowest BCUT2D eigenvalue weighted by atomic mass is 10.2. The summed E-state index contributed by atoms with van der Waals surface area (Å²) in [5, 5.41) is 2.90. The van der Waals surface area contributed by atoms with Gasteiger partial charge in [-0.1, -0.05) is 12.1 Å². The minimum absolute atomic E-state index is 0.0872. The molecule has 1 atom stereocenters. The predicted molar refractivity (Wildman–Crippen MR) is 79.4 cm³/mol. The molecule has 3 rings (SSSR count). The van der Waals surface area contributed by atoms with Crippen molar-refractivity contribution < 1.29 is 9.53 Å². The summed E-state index contributed by atoms with van der Waals surface area (Å²) in [7, 11) is 1.96. The van der Waals surface area contributed by atoms with Crippen LogP contribution in [0.25, 0.3) is 0 Å². The van der Waals surface area contributed by atoms with Crippen molar-refractivity contribution in [1.82, 2.24) is 15.3 Å². The Morgan fingerprint density at radius 3 is 3.19 bits per heavy atom. The maximum atomic E-state index is 12.2. The topological polar surface area (TPSA) is 70.2 Å². The fourth-order valence-electron chi connectivity index (χ4n) is 2.40. The van der Waals surface area contributed by atoms with Gasteiger partial charge in [0.2, 0.25) is 0 Å². The molecule has 0 radical (unpaired) electrons. The summed E-state index contributed by atoms with van der Waals surface area (Å²) < 4.78 is 5.78. The van der Waals surface area contributed by atoms with Crippen molar-refractivity contribution in [3.8, 4) is 5.75 Å². The molecule has 110 valence electrons. The second kappa shape index (κ2) is 5.87. The first-order valence-electron chi connectivity index (χ1n) is 6.96. The van der Waals surface area contributed by atoms with Crippen LogP contribution in [0.1, 0.15) is 5.69 Å². The molecule has 1 aliphatic rings. The second-order valence-electron chi connectivity index (χ2n) is 5.07. The molecular formula is C15H18N4O2. The molecule has 6 heteroatoms. The number of para-hydroxylation sites is 2. The molecule has 0 aliphatic carbocycles. The number of aromatic nitrogens is 2. The van der Waals surface area contributed by atoms with Gasteiger partial charge in [0, 0.05) is 31.9 Å². The number of carbonyl (C=O) groups is 1. The summed E-state index contributed by atoms with van der Waals surface area (Å²) in [6, 6.07) is 7.74. The lowest BCUT2D eigenvalue weighted by Gasteiger charge is -2.32. The number of ether oxygens (including phenoxy) is 1. The smallest absolute Gasteiger partial charge is 0.262 e. The van der Waals surface area contributed by atoms with Crippen LogP contribution in [0.4, 0.5) is 5.69 Å². The number of rotatable bonds is 4. The molecule has 0 saturated carbocycles. The van der Waals surface area contributed by atoms with E-state index in [1.807, 2.05) is 36.2 Å². The van der Waals surface area contributed by atoms with Crippen LogP contribution in [0, 0.1) is 0 Å². The summed E-state index contributed by atoms with van der Waals surface area (Å²) >= 11 is 0. The quantitative estimate of drug-likeness (QED) is 0.878. The van der Waals surface area contributed by atoms with E-state index in [2.05, 4.69) is 15.3 Å². The lowest BCUT2D eigenvalue weighted by Crippen LogP contribution is -2.48. The summed E-state index contributed by atoms with van der Waals surface area (Å²) in [4.78, 5) is 21.2. The molecule has 21 heavy (non-hydrogen) atoms. The average Bonchev–Trinajstić information content (AvgIpc) is 3.00. The summed E-state index contributed by atoms with van der Waals surface area (Å²) in [6.45, 7) is 1.11. The van der Waals surface area contributed by atoms with Gasteiger partial charge in [-0.25, -0.2) is 4.98 Å².